The van der Waals surface area contributed by atoms with Crippen molar-refractivity contribution in [3.8, 4) is 11.5 Å². The van der Waals surface area contributed by atoms with Crippen LogP contribution in [0.5, 0.6) is 11.5 Å². The van der Waals surface area contributed by atoms with E-state index < -0.39 is 0 Å². The molecule has 152 valence electrons. The fraction of sp³-hybridized carbons (Fsp3) is 0.318. The van der Waals surface area contributed by atoms with Crippen molar-refractivity contribution in [3.05, 3.63) is 65.0 Å². The van der Waals surface area contributed by atoms with E-state index in [0.717, 1.165) is 22.9 Å². The molecule has 6 nitrogen and oxygen atoms in total. The average Bonchev–Trinajstić information content (AvgIpc) is 3.14. The van der Waals surface area contributed by atoms with Crippen molar-refractivity contribution in [3.63, 3.8) is 0 Å². The molecule has 3 rings (SSSR count). The minimum atomic E-state index is 0.0384. The maximum atomic E-state index is 12.5. The lowest BCUT2D eigenvalue weighted by Crippen LogP contribution is -2.09. The van der Waals surface area contributed by atoms with E-state index in [4.69, 9.17) is 9.47 Å². The molecule has 7 heteroatoms. The van der Waals surface area contributed by atoms with Gasteiger partial charge in [-0.1, -0.05) is 23.9 Å². The Balaban J connectivity index is 1.64. The zero-order chi connectivity index (χ0) is 20.8. The summed E-state index contributed by atoms with van der Waals surface area (Å²) in [7, 11) is 1.60. The Morgan fingerprint density at radius 3 is 2.55 bits per heavy atom. The van der Waals surface area contributed by atoms with Crippen LogP contribution in [0.15, 0.2) is 47.6 Å². The molecule has 3 aromatic rings. The largest absolute Gasteiger partial charge is 0.497 e. The van der Waals surface area contributed by atoms with E-state index in [-0.39, 0.29) is 5.78 Å². The van der Waals surface area contributed by atoms with Gasteiger partial charge >= 0.3 is 0 Å². The SMILES string of the molecule is CCn1c(COc2cccc(C)c2C)nnc1SCC(=O)c1ccc(OC)cc1. The molecule has 0 aliphatic heterocycles. The number of hydrogen-bond donors (Lipinski definition) is 0. The molecule has 2 aromatic carbocycles. The predicted octanol–water partition coefficient (Wildman–Crippen LogP) is 4.48. The van der Waals surface area contributed by atoms with Gasteiger partial charge in [0.25, 0.3) is 0 Å². The molecule has 0 aliphatic rings. The van der Waals surface area contributed by atoms with Gasteiger partial charge in [0.05, 0.1) is 12.9 Å². The summed E-state index contributed by atoms with van der Waals surface area (Å²) in [5.41, 5.74) is 2.96. The van der Waals surface area contributed by atoms with Gasteiger partial charge in [0.2, 0.25) is 0 Å². The lowest BCUT2D eigenvalue weighted by Gasteiger charge is -2.11. The number of carbonyl (C=O) groups excluding carboxylic acids is 1. The fourth-order valence-corrected chi connectivity index (χ4v) is 3.78. The second kappa shape index (κ2) is 9.60. The summed E-state index contributed by atoms with van der Waals surface area (Å²) >= 11 is 1.39. The number of ketones is 1. The molecule has 0 radical (unpaired) electrons. The third kappa shape index (κ3) is 4.98. The van der Waals surface area contributed by atoms with E-state index in [2.05, 4.69) is 23.2 Å². The fourth-order valence-electron chi connectivity index (χ4n) is 2.86. The summed E-state index contributed by atoms with van der Waals surface area (Å²) in [5, 5.41) is 9.24. The van der Waals surface area contributed by atoms with Crippen LogP contribution in [0.25, 0.3) is 0 Å². The van der Waals surface area contributed by atoms with Gasteiger partial charge in [-0.15, -0.1) is 10.2 Å². The number of aryl methyl sites for hydroxylation is 1. The number of thioether (sulfide) groups is 1. The highest BCUT2D eigenvalue weighted by atomic mass is 32.2. The van der Waals surface area contributed by atoms with Gasteiger partial charge < -0.3 is 14.0 Å². The number of Topliss-reactive ketones (excluding diaryl/α,β-unsaturated/α-hetero) is 1. The molecule has 0 N–H and O–H groups in total. The van der Waals surface area contributed by atoms with Crippen molar-refractivity contribution in [1.29, 1.82) is 0 Å². The summed E-state index contributed by atoms with van der Waals surface area (Å²) in [5.74, 6) is 2.65. The molecule has 0 atom stereocenters. The van der Waals surface area contributed by atoms with E-state index in [1.807, 2.05) is 30.5 Å². The first-order valence-corrected chi connectivity index (χ1v) is 10.4. The first-order valence-electron chi connectivity index (χ1n) is 9.44. The van der Waals surface area contributed by atoms with Crippen molar-refractivity contribution in [1.82, 2.24) is 14.8 Å². The lowest BCUT2D eigenvalue weighted by molar-refractivity contribution is 0.102. The van der Waals surface area contributed by atoms with Gasteiger partial charge in [0, 0.05) is 12.1 Å². The van der Waals surface area contributed by atoms with Crippen molar-refractivity contribution >= 4 is 17.5 Å². The normalized spacial score (nSPS) is 10.8. The zero-order valence-corrected chi connectivity index (χ0v) is 18.0. The van der Waals surface area contributed by atoms with E-state index >= 15 is 0 Å². The summed E-state index contributed by atoms with van der Waals surface area (Å²) in [6.07, 6.45) is 0. The third-order valence-corrected chi connectivity index (χ3v) is 5.73. The molecule has 0 bridgehead atoms. The van der Waals surface area contributed by atoms with Crippen molar-refractivity contribution in [2.24, 2.45) is 0 Å². The number of ether oxygens (including phenoxy) is 2. The first kappa shape index (κ1) is 20.9. The Morgan fingerprint density at radius 2 is 1.86 bits per heavy atom. The highest BCUT2D eigenvalue weighted by molar-refractivity contribution is 7.99. The third-order valence-electron chi connectivity index (χ3n) is 4.77. The highest BCUT2D eigenvalue weighted by Crippen LogP contribution is 2.23. The van der Waals surface area contributed by atoms with Crippen LogP contribution in [0.1, 0.15) is 34.2 Å². The van der Waals surface area contributed by atoms with Crippen molar-refractivity contribution in [2.75, 3.05) is 12.9 Å². The molecule has 0 saturated heterocycles. The maximum absolute atomic E-state index is 12.5. The number of rotatable bonds is 9. The molecular weight excluding hydrogens is 386 g/mol. The topological polar surface area (TPSA) is 66.2 Å². The minimum absolute atomic E-state index is 0.0384. The molecule has 0 fully saturated rings. The Kier molecular flexibility index (Phi) is 6.93. The second-order valence-electron chi connectivity index (χ2n) is 6.57. The Labute approximate surface area is 175 Å². The van der Waals surface area contributed by atoms with Crippen LogP contribution in [0, 0.1) is 13.8 Å². The van der Waals surface area contributed by atoms with E-state index in [1.165, 1.54) is 17.3 Å². The monoisotopic (exact) mass is 411 g/mol. The van der Waals surface area contributed by atoms with Gasteiger partial charge in [-0.2, -0.15) is 0 Å². The molecule has 0 unspecified atom stereocenters. The number of benzene rings is 2. The quantitative estimate of drug-likeness (QED) is 0.382. The van der Waals surface area contributed by atoms with Crippen LogP contribution in [0.3, 0.4) is 0 Å². The van der Waals surface area contributed by atoms with Gasteiger partial charge in [-0.3, -0.25) is 4.79 Å². The molecule has 0 amide bonds. The van der Waals surface area contributed by atoms with Gasteiger partial charge in [0.1, 0.15) is 18.1 Å². The molecule has 0 aliphatic carbocycles. The standard InChI is InChI=1S/C22H25N3O3S/c1-5-25-21(13-28-20-8-6-7-15(2)16(20)3)23-24-22(25)29-14-19(26)17-9-11-18(27-4)12-10-17/h6-12H,5,13-14H2,1-4H3. The molecule has 0 saturated carbocycles. The molecular formula is C22H25N3O3S. The number of methoxy groups -OCH3 is 1. The highest BCUT2D eigenvalue weighted by Gasteiger charge is 2.15. The smallest absolute Gasteiger partial charge is 0.191 e. The Morgan fingerprint density at radius 1 is 1.10 bits per heavy atom. The molecule has 1 aromatic heterocycles. The van der Waals surface area contributed by atoms with Crippen LogP contribution >= 0.6 is 11.8 Å². The summed E-state index contributed by atoms with van der Waals surface area (Å²) in [6.45, 7) is 7.17. The second-order valence-corrected chi connectivity index (χ2v) is 7.51. The average molecular weight is 412 g/mol. The first-order chi connectivity index (χ1) is 14.0. The van der Waals surface area contributed by atoms with Crippen LogP contribution in [0.2, 0.25) is 0 Å². The maximum Gasteiger partial charge on any atom is 0.191 e. The zero-order valence-electron chi connectivity index (χ0n) is 17.1. The lowest BCUT2D eigenvalue weighted by atomic mass is 10.1. The van der Waals surface area contributed by atoms with Crippen molar-refractivity contribution < 1.29 is 14.3 Å². The summed E-state index contributed by atoms with van der Waals surface area (Å²) in [6, 6.07) is 13.1. The van der Waals surface area contributed by atoms with Crippen LogP contribution in [0.4, 0.5) is 0 Å². The Bertz CT molecular complexity index is 983. The van der Waals surface area contributed by atoms with Crippen LogP contribution in [-0.2, 0) is 13.2 Å². The van der Waals surface area contributed by atoms with E-state index in [1.54, 1.807) is 31.4 Å². The number of aromatic nitrogens is 3. The number of hydrogen-bond acceptors (Lipinski definition) is 6. The molecule has 0 spiro atoms. The van der Waals surface area contributed by atoms with Gasteiger partial charge in [-0.05, 0) is 62.2 Å². The van der Waals surface area contributed by atoms with Crippen molar-refractivity contribution in [2.45, 2.75) is 39.1 Å². The number of carbonyl (C=O) groups is 1. The minimum Gasteiger partial charge on any atom is -0.497 e. The Hall–Kier alpha value is -2.80. The van der Waals surface area contributed by atoms with Gasteiger partial charge in [0.15, 0.2) is 16.8 Å². The van der Waals surface area contributed by atoms with Gasteiger partial charge in [-0.25, -0.2) is 0 Å². The predicted molar refractivity (Wildman–Crippen MR) is 114 cm³/mol. The van der Waals surface area contributed by atoms with E-state index in [0.29, 0.717) is 29.6 Å². The molecule has 1 heterocycles. The summed E-state index contributed by atoms with van der Waals surface area (Å²) in [4.78, 5) is 12.5. The van der Waals surface area contributed by atoms with E-state index in [9.17, 15) is 4.79 Å². The molecule has 29 heavy (non-hydrogen) atoms. The van der Waals surface area contributed by atoms with Crippen LogP contribution < -0.4 is 9.47 Å². The number of nitrogens with zero attached hydrogens (tertiary/aromatic N) is 3. The van der Waals surface area contributed by atoms with Crippen LogP contribution in [-0.4, -0.2) is 33.4 Å². The summed E-state index contributed by atoms with van der Waals surface area (Å²) < 4.78 is 13.1.